The molecule has 0 saturated heterocycles. The number of hydrogen-bond acceptors (Lipinski definition) is 2. The molecule has 1 aromatic heterocycles. The number of nitrogens with zero attached hydrogens (tertiary/aromatic N) is 2. The van der Waals surface area contributed by atoms with Crippen molar-refractivity contribution >= 4 is 34.2 Å². The molecule has 2 rings (SSSR count). The van der Waals surface area contributed by atoms with Gasteiger partial charge >= 0.3 is 0 Å². The summed E-state index contributed by atoms with van der Waals surface area (Å²) in [5.41, 5.74) is 2.58. The van der Waals surface area contributed by atoms with Crippen molar-refractivity contribution in [1.82, 2.24) is 9.97 Å². The minimum Gasteiger partial charge on any atom is -0.253 e. The molecule has 0 atom stereocenters. The maximum atomic E-state index is 5.66. The molecular formula is C10H8Cl2N2. The Morgan fingerprint density at radius 3 is 2.57 bits per heavy atom. The predicted octanol–water partition coefficient (Wildman–Crippen LogP) is 2.98. The smallest absolute Gasteiger partial charge is 0.113 e. The molecule has 0 N–H and O–H groups in total. The van der Waals surface area contributed by atoms with Gasteiger partial charge in [-0.3, -0.25) is 4.98 Å². The minimum atomic E-state index is -0.425. The number of alkyl halides is 2. The summed E-state index contributed by atoms with van der Waals surface area (Å²) in [6.07, 6.45) is 2.24. The Morgan fingerprint density at radius 1 is 1.14 bits per heavy atom. The van der Waals surface area contributed by atoms with Crippen molar-refractivity contribution in [1.29, 1.82) is 0 Å². The highest BCUT2D eigenvalue weighted by molar-refractivity contribution is 6.44. The first kappa shape index (κ1) is 9.69. The molecule has 72 valence electrons. The Balaban J connectivity index is 2.41. The Labute approximate surface area is 91.9 Å². The fourth-order valence-corrected chi connectivity index (χ4v) is 1.57. The Bertz CT molecular complexity index is 443. The van der Waals surface area contributed by atoms with E-state index < -0.39 is 4.84 Å². The molecule has 0 aliphatic heterocycles. The van der Waals surface area contributed by atoms with E-state index in [1.807, 2.05) is 24.3 Å². The molecule has 0 radical (unpaired) electrons. The maximum Gasteiger partial charge on any atom is 0.113 e. The van der Waals surface area contributed by atoms with Gasteiger partial charge in [0.05, 0.1) is 16.7 Å². The number of rotatable bonds is 2. The molecule has 2 aromatic rings. The topological polar surface area (TPSA) is 25.8 Å². The van der Waals surface area contributed by atoms with Crippen molar-refractivity contribution in [2.45, 2.75) is 11.3 Å². The second-order valence-electron chi connectivity index (χ2n) is 2.95. The summed E-state index contributed by atoms with van der Waals surface area (Å²) in [5, 5.41) is 0. The van der Waals surface area contributed by atoms with E-state index in [1.165, 1.54) is 0 Å². The molecule has 14 heavy (non-hydrogen) atoms. The third kappa shape index (κ3) is 2.14. The van der Waals surface area contributed by atoms with Gasteiger partial charge in [0.15, 0.2) is 0 Å². The highest BCUT2D eigenvalue weighted by Gasteiger charge is 2.04. The summed E-state index contributed by atoms with van der Waals surface area (Å²) < 4.78 is 0. The van der Waals surface area contributed by atoms with Crippen LogP contribution in [0.1, 0.15) is 5.69 Å². The molecular weight excluding hydrogens is 219 g/mol. The van der Waals surface area contributed by atoms with E-state index in [-0.39, 0.29) is 0 Å². The van der Waals surface area contributed by atoms with Gasteiger partial charge in [-0.25, -0.2) is 4.98 Å². The van der Waals surface area contributed by atoms with Crippen molar-refractivity contribution in [2.24, 2.45) is 0 Å². The quantitative estimate of drug-likeness (QED) is 0.737. The SMILES string of the molecule is ClC(Cl)Cc1cnc2ccccc2n1. The van der Waals surface area contributed by atoms with Crippen LogP contribution in [0.25, 0.3) is 11.0 Å². The minimum absolute atomic E-state index is 0.425. The molecule has 1 aromatic carbocycles. The number of para-hydroxylation sites is 2. The number of aromatic nitrogens is 2. The van der Waals surface area contributed by atoms with Gasteiger partial charge in [0, 0.05) is 12.6 Å². The first-order valence-corrected chi connectivity index (χ1v) is 5.12. The molecule has 2 nitrogen and oxygen atoms in total. The van der Waals surface area contributed by atoms with Gasteiger partial charge in [-0.2, -0.15) is 0 Å². The predicted molar refractivity (Wildman–Crippen MR) is 58.7 cm³/mol. The zero-order valence-corrected chi connectivity index (χ0v) is 8.83. The molecule has 0 saturated carbocycles. The third-order valence-corrected chi connectivity index (χ3v) is 2.17. The van der Waals surface area contributed by atoms with Crippen molar-refractivity contribution < 1.29 is 0 Å². The van der Waals surface area contributed by atoms with Crippen LogP contribution in [-0.4, -0.2) is 14.8 Å². The molecule has 0 bridgehead atoms. The number of halogens is 2. The highest BCUT2D eigenvalue weighted by Crippen LogP contribution is 2.12. The van der Waals surface area contributed by atoms with Crippen LogP contribution >= 0.6 is 23.2 Å². The standard InChI is InChI=1S/C10H8Cl2N2/c11-10(12)5-7-6-13-8-3-1-2-4-9(8)14-7/h1-4,6,10H,5H2. The monoisotopic (exact) mass is 226 g/mol. The number of benzene rings is 1. The van der Waals surface area contributed by atoms with Crippen LogP contribution in [0.5, 0.6) is 0 Å². The van der Waals surface area contributed by atoms with Crippen LogP contribution in [0.15, 0.2) is 30.5 Å². The normalized spacial score (nSPS) is 11.1. The summed E-state index contributed by atoms with van der Waals surface area (Å²) in [6.45, 7) is 0. The summed E-state index contributed by atoms with van der Waals surface area (Å²) in [4.78, 5) is 8.21. The van der Waals surface area contributed by atoms with Gasteiger partial charge < -0.3 is 0 Å². The average Bonchev–Trinajstić information content (AvgIpc) is 2.17. The lowest BCUT2D eigenvalue weighted by atomic mass is 10.3. The van der Waals surface area contributed by atoms with Crippen molar-refractivity contribution in [3.8, 4) is 0 Å². The Hall–Kier alpha value is -0.860. The van der Waals surface area contributed by atoms with E-state index in [9.17, 15) is 0 Å². The summed E-state index contributed by atoms with van der Waals surface area (Å²) >= 11 is 11.3. The van der Waals surface area contributed by atoms with Crippen LogP contribution in [0, 0.1) is 0 Å². The van der Waals surface area contributed by atoms with E-state index in [0.717, 1.165) is 16.7 Å². The van der Waals surface area contributed by atoms with Crippen LogP contribution in [0.3, 0.4) is 0 Å². The van der Waals surface area contributed by atoms with E-state index in [1.54, 1.807) is 6.20 Å². The van der Waals surface area contributed by atoms with E-state index >= 15 is 0 Å². The van der Waals surface area contributed by atoms with Crippen molar-refractivity contribution in [3.63, 3.8) is 0 Å². The zero-order valence-electron chi connectivity index (χ0n) is 7.32. The molecule has 0 aliphatic rings. The lowest BCUT2D eigenvalue weighted by molar-refractivity contribution is 0.999. The van der Waals surface area contributed by atoms with Gasteiger partial charge in [-0.15, -0.1) is 23.2 Å². The average molecular weight is 227 g/mol. The van der Waals surface area contributed by atoms with Crippen LogP contribution in [-0.2, 0) is 6.42 Å². The van der Waals surface area contributed by atoms with Crippen molar-refractivity contribution in [2.75, 3.05) is 0 Å². The van der Waals surface area contributed by atoms with Crippen LogP contribution in [0.2, 0.25) is 0 Å². The zero-order chi connectivity index (χ0) is 9.97. The number of hydrogen-bond donors (Lipinski definition) is 0. The van der Waals surface area contributed by atoms with E-state index in [4.69, 9.17) is 23.2 Å². The molecule has 0 aliphatic carbocycles. The van der Waals surface area contributed by atoms with Crippen molar-refractivity contribution in [3.05, 3.63) is 36.2 Å². The molecule has 0 amide bonds. The fraction of sp³-hybridized carbons (Fsp3) is 0.200. The fourth-order valence-electron chi connectivity index (χ4n) is 1.25. The lowest BCUT2D eigenvalue weighted by Crippen LogP contribution is -1.98. The second kappa shape index (κ2) is 4.11. The second-order valence-corrected chi connectivity index (χ2v) is 4.22. The van der Waals surface area contributed by atoms with Gasteiger partial charge in [-0.1, -0.05) is 12.1 Å². The largest absolute Gasteiger partial charge is 0.253 e. The van der Waals surface area contributed by atoms with E-state index in [2.05, 4.69) is 9.97 Å². The third-order valence-electron chi connectivity index (χ3n) is 1.86. The Kier molecular flexibility index (Phi) is 2.85. The van der Waals surface area contributed by atoms with Crippen LogP contribution < -0.4 is 0 Å². The molecule has 4 heteroatoms. The first-order valence-electron chi connectivity index (χ1n) is 4.24. The first-order chi connectivity index (χ1) is 6.75. The van der Waals surface area contributed by atoms with Crippen LogP contribution in [0.4, 0.5) is 0 Å². The van der Waals surface area contributed by atoms with Gasteiger partial charge in [0.2, 0.25) is 0 Å². The lowest BCUT2D eigenvalue weighted by Gasteiger charge is -2.01. The van der Waals surface area contributed by atoms with Gasteiger partial charge in [0.25, 0.3) is 0 Å². The maximum absolute atomic E-state index is 5.66. The Morgan fingerprint density at radius 2 is 1.86 bits per heavy atom. The number of fused-ring (bicyclic) bond motifs is 1. The molecule has 0 fully saturated rings. The molecule has 0 unspecified atom stereocenters. The summed E-state index contributed by atoms with van der Waals surface area (Å²) in [7, 11) is 0. The molecule has 0 spiro atoms. The summed E-state index contributed by atoms with van der Waals surface area (Å²) in [6, 6.07) is 7.70. The molecule has 1 heterocycles. The van der Waals surface area contributed by atoms with Gasteiger partial charge in [-0.05, 0) is 12.1 Å². The van der Waals surface area contributed by atoms with E-state index in [0.29, 0.717) is 6.42 Å². The van der Waals surface area contributed by atoms with Gasteiger partial charge in [0.1, 0.15) is 4.84 Å². The highest BCUT2D eigenvalue weighted by atomic mass is 35.5. The summed E-state index contributed by atoms with van der Waals surface area (Å²) in [5.74, 6) is 0.